The minimum Gasteiger partial charge on any atom is -0.368 e. The monoisotopic (exact) mass is 247 g/mol. The highest BCUT2D eigenvalue weighted by atomic mass is 19.4. The van der Waals surface area contributed by atoms with E-state index >= 15 is 0 Å². The normalized spacial score (nSPS) is 12.3. The molecule has 0 aliphatic heterocycles. The topological polar surface area (TPSA) is 68.0 Å². The van der Waals surface area contributed by atoms with Gasteiger partial charge in [-0.05, 0) is 26.0 Å². The standard InChI is InChI=1S/C10H12F3N3O/c1-9(2,8(14)17)16-7-5-6(3-4-15-7)10(11,12)13/h3-5H,1-2H3,(H2,14,17)(H,15,16). The third kappa shape index (κ3) is 3.33. The van der Waals surface area contributed by atoms with Crippen molar-refractivity contribution in [2.75, 3.05) is 5.32 Å². The van der Waals surface area contributed by atoms with Gasteiger partial charge in [0, 0.05) is 6.20 Å². The molecule has 0 aliphatic carbocycles. The fraction of sp³-hybridized carbons (Fsp3) is 0.400. The summed E-state index contributed by atoms with van der Waals surface area (Å²) in [5, 5.41) is 2.54. The van der Waals surface area contributed by atoms with Crippen LogP contribution in [-0.2, 0) is 11.0 Å². The molecule has 0 fully saturated rings. The lowest BCUT2D eigenvalue weighted by atomic mass is 10.1. The summed E-state index contributed by atoms with van der Waals surface area (Å²) in [5.74, 6) is -0.736. The summed E-state index contributed by atoms with van der Waals surface area (Å²) in [6, 6.07) is 1.67. The summed E-state index contributed by atoms with van der Waals surface area (Å²) in [4.78, 5) is 14.7. The van der Waals surface area contributed by atoms with Gasteiger partial charge in [0.1, 0.15) is 11.4 Å². The van der Waals surface area contributed by atoms with Crippen LogP contribution in [0.4, 0.5) is 19.0 Å². The Balaban J connectivity index is 2.98. The van der Waals surface area contributed by atoms with E-state index in [1.807, 2.05) is 0 Å². The number of nitrogens with one attached hydrogen (secondary N) is 1. The number of halogens is 3. The number of alkyl halides is 3. The average molecular weight is 247 g/mol. The Labute approximate surface area is 96.0 Å². The maximum Gasteiger partial charge on any atom is 0.416 e. The molecule has 1 heterocycles. The molecule has 0 saturated carbocycles. The van der Waals surface area contributed by atoms with E-state index in [0.717, 1.165) is 18.3 Å². The zero-order chi connectivity index (χ0) is 13.3. The molecule has 0 unspecified atom stereocenters. The lowest BCUT2D eigenvalue weighted by Gasteiger charge is -2.23. The number of pyridine rings is 1. The van der Waals surface area contributed by atoms with E-state index in [1.54, 1.807) is 0 Å². The molecule has 94 valence electrons. The number of rotatable bonds is 3. The summed E-state index contributed by atoms with van der Waals surface area (Å²) < 4.78 is 37.2. The van der Waals surface area contributed by atoms with Crippen molar-refractivity contribution in [3.8, 4) is 0 Å². The first-order valence-corrected chi connectivity index (χ1v) is 4.74. The van der Waals surface area contributed by atoms with Crippen molar-refractivity contribution in [3.63, 3.8) is 0 Å². The molecule has 1 rings (SSSR count). The number of amides is 1. The molecule has 1 aromatic heterocycles. The second kappa shape index (κ2) is 4.23. The van der Waals surface area contributed by atoms with Crippen molar-refractivity contribution >= 4 is 11.7 Å². The molecular formula is C10H12F3N3O. The van der Waals surface area contributed by atoms with Crippen LogP contribution < -0.4 is 11.1 Å². The zero-order valence-corrected chi connectivity index (χ0v) is 9.30. The first kappa shape index (κ1) is 13.3. The summed E-state index contributed by atoms with van der Waals surface area (Å²) in [6.45, 7) is 2.91. The molecule has 0 bridgehead atoms. The highest BCUT2D eigenvalue weighted by molar-refractivity contribution is 5.86. The Hall–Kier alpha value is -1.79. The van der Waals surface area contributed by atoms with E-state index in [-0.39, 0.29) is 5.82 Å². The number of primary amides is 1. The van der Waals surface area contributed by atoms with Gasteiger partial charge >= 0.3 is 6.18 Å². The van der Waals surface area contributed by atoms with Gasteiger partial charge in [0.2, 0.25) is 5.91 Å². The smallest absolute Gasteiger partial charge is 0.368 e. The highest BCUT2D eigenvalue weighted by Gasteiger charge is 2.32. The number of hydrogen-bond donors (Lipinski definition) is 2. The average Bonchev–Trinajstić information content (AvgIpc) is 2.15. The van der Waals surface area contributed by atoms with Crippen LogP contribution >= 0.6 is 0 Å². The fourth-order valence-electron chi connectivity index (χ4n) is 1.06. The molecule has 17 heavy (non-hydrogen) atoms. The molecular weight excluding hydrogens is 235 g/mol. The summed E-state index contributed by atoms with van der Waals surface area (Å²) in [7, 11) is 0. The van der Waals surface area contributed by atoms with Gasteiger partial charge in [-0.3, -0.25) is 4.79 Å². The molecule has 1 aromatic rings. The molecule has 0 aliphatic rings. The van der Waals surface area contributed by atoms with Gasteiger partial charge in [0.25, 0.3) is 0 Å². The molecule has 3 N–H and O–H groups in total. The third-order valence-electron chi connectivity index (χ3n) is 2.14. The Morgan fingerprint density at radius 1 is 1.41 bits per heavy atom. The first-order chi connectivity index (χ1) is 7.63. The molecule has 0 atom stereocenters. The van der Waals surface area contributed by atoms with Crippen LogP contribution in [-0.4, -0.2) is 16.4 Å². The van der Waals surface area contributed by atoms with Gasteiger partial charge in [-0.25, -0.2) is 4.98 Å². The second-order valence-electron chi connectivity index (χ2n) is 4.04. The van der Waals surface area contributed by atoms with E-state index in [1.165, 1.54) is 13.8 Å². The predicted molar refractivity (Wildman–Crippen MR) is 56.1 cm³/mol. The molecule has 0 radical (unpaired) electrons. The van der Waals surface area contributed by atoms with Crippen molar-refractivity contribution < 1.29 is 18.0 Å². The van der Waals surface area contributed by atoms with Crippen molar-refractivity contribution in [1.82, 2.24) is 4.98 Å². The highest BCUT2D eigenvalue weighted by Crippen LogP contribution is 2.30. The van der Waals surface area contributed by atoms with Crippen LogP contribution in [0.25, 0.3) is 0 Å². The fourth-order valence-corrected chi connectivity index (χ4v) is 1.06. The van der Waals surface area contributed by atoms with Crippen molar-refractivity contribution in [2.45, 2.75) is 25.6 Å². The zero-order valence-electron chi connectivity index (χ0n) is 9.30. The summed E-state index contributed by atoms with van der Waals surface area (Å²) >= 11 is 0. The predicted octanol–water partition coefficient (Wildman–Crippen LogP) is 1.78. The maximum atomic E-state index is 12.4. The van der Waals surface area contributed by atoms with Crippen LogP contribution in [0, 0.1) is 0 Å². The van der Waals surface area contributed by atoms with Gasteiger partial charge in [0.05, 0.1) is 5.56 Å². The van der Waals surface area contributed by atoms with Gasteiger partial charge in [-0.2, -0.15) is 13.2 Å². The SMILES string of the molecule is CC(C)(Nc1cc(C(F)(F)F)ccn1)C(N)=O. The van der Waals surface area contributed by atoms with Crippen LogP contribution in [0.2, 0.25) is 0 Å². The largest absolute Gasteiger partial charge is 0.416 e. The van der Waals surface area contributed by atoms with Crippen molar-refractivity contribution in [2.24, 2.45) is 5.73 Å². The Bertz CT molecular complexity index is 429. The number of hydrogen-bond acceptors (Lipinski definition) is 3. The minimum absolute atomic E-state index is 0.0522. The van der Waals surface area contributed by atoms with Gasteiger partial charge in [-0.15, -0.1) is 0 Å². The summed E-state index contributed by atoms with van der Waals surface area (Å²) in [5.41, 5.74) is 3.08. The number of nitrogens with zero attached hydrogens (tertiary/aromatic N) is 1. The van der Waals surface area contributed by atoms with Crippen LogP contribution in [0.15, 0.2) is 18.3 Å². The molecule has 0 saturated heterocycles. The Morgan fingerprint density at radius 3 is 2.47 bits per heavy atom. The Morgan fingerprint density at radius 2 is 2.00 bits per heavy atom. The van der Waals surface area contributed by atoms with E-state index in [2.05, 4.69) is 10.3 Å². The number of nitrogens with two attached hydrogens (primary N) is 1. The van der Waals surface area contributed by atoms with Crippen molar-refractivity contribution in [3.05, 3.63) is 23.9 Å². The molecule has 0 spiro atoms. The second-order valence-corrected chi connectivity index (χ2v) is 4.04. The number of carbonyl (C=O) groups is 1. The number of carbonyl (C=O) groups excluding carboxylic acids is 1. The van der Waals surface area contributed by atoms with E-state index in [4.69, 9.17) is 5.73 Å². The molecule has 7 heteroatoms. The van der Waals surface area contributed by atoms with Crippen LogP contribution in [0.3, 0.4) is 0 Å². The van der Waals surface area contributed by atoms with Crippen molar-refractivity contribution in [1.29, 1.82) is 0 Å². The van der Waals surface area contributed by atoms with E-state index in [0.29, 0.717) is 0 Å². The van der Waals surface area contributed by atoms with Gasteiger partial charge < -0.3 is 11.1 Å². The van der Waals surface area contributed by atoms with E-state index < -0.39 is 23.2 Å². The van der Waals surface area contributed by atoms with Gasteiger partial charge in [-0.1, -0.05) is 0 Å². The minimum atomic E-state index is -4.45. The van der Waals surface area contributed by atoms with Crippen LogP contribution in [0.1, 0.15) is 19.4 Å². The summed E-state index contributed by atoms with van der Waals surface area (Å²) in [6.07, 6.45) is -3.43. The quantitative estimate of drug-likeness (QED) is 0.855. The third-order valence-corrected chi connectivity index (χ3v) is 2.14. The molecule has 4 nitrogen and oxygen atoms in total. The maximum absolute atomic E-state index is 12.4. The van der Waals surface area contributed by atoms with Crippen LogP contribution in [0.5, 0.6) is 0 Å². The lowest BCUT2D eigenvalue weighted by Crippen LogP contribution is -2.45. The molecule has 1 amide bonds. The lowest BCUT2D eigenvalue weighted by molar-refractivity contribution is -0.137. The van der Waals surface area contributed by atoms with Gasteiger partial charge in [0.15, 0.2) is 0 Å². The number of aromatic nitrogens is 1. The number of anilines is 1. The molecule has 0 aromatic carbocycles. The van der Waals surface area contributed by atoms with E-state index in [9.17, 15) is 18.0 Å². The first-order valence-electron chi connectivity index (χ1n) is 4.74. The Kier molecular flexibility index (Phi) is 3.30.